The van der Waals surface area contributed by atoms with E-state index in [9.17, 15) is 9.90 Å². The summed E-state index contributed by atoms with van der Waals surface area (Å²) in [5.74, 6) is -0.125. The molecule has 1 unspecified atom stereocenters. The number of carboxylic acids is 1. The van der Waals surface area contributed by atoms with Crippen molar-refractivity contribution in [2.24, 2.45) is 0 Å². The third kappa shape index (κ3) is 5.51. The number of carbonyl (C=O) groups is 1. The van der Waals surface area contributed by atoms with Crippen LogP contribution < -0.4 is 10.6 Å². The molecular formula is C30H31N5O2. The zero-order valence-corrected chi connectivity index (χ0v) is 21.2. The molecule has 0 fully saturated rings. The first-order valence-corrected chi connectivity index (χ1v) is 12.4. The number of nitrogens with one attached hydrogen (secondary N) is 4. The maximum absolute atomic E-state index is 12.0. The first-order chi connectivity index (χ1) is 17.9. The van der Waals surface area contributed by atoms with Gasteiger partial charge < -0.3 is 25.7 Å². The summed E-state index contributed by atoms with van der Waals surface area (Å²) in [6.07, 6.45) is 2.37. The normalized spacial score (nSPS) is 12.0. The Balaban J connectivity index is 1.23. The van der Waals surface area contributed by atoms with Crippen LogP contribution in [0.15, 0.2) is 72.9 Å². The number of anilines is 2. The molecule has 0 spiro atoms. The van der Waals surface area contributed by atoms with Crippen LogP contribution in [0.2, 0.25) is 0 Å². The van der Waals surface area contributed by atoms with Crippen molar-refractivity contribution in [3.05, 3.63) is 101 Å². The maximum atomic E-state index is 12.0. The van der Waals surface area contributed by atoms with Gasteiger partial charge >= 0.3 is 5.97 Å². The largest absolute Gasteiger partial charge is 0.480 e. The van der Waals surface area contributed by atoms with Crippen molar-refractivity contribution in [2.75, 3.05) is 10.6 Å². The number of benzene rings is 3. The highest BCUT2D eigenvalue weighted by Gasteiger charge is 2.20. The van der Waals surface area contributed by atoms with E-state index < -0.39 is 12.0 Å². The highest BCUT2D eigenvalue weighted by molar-refractivity contribution is 5.79. The van der Waals surface area contributed by atoms with Crippen LogP contribution in [0.5, 0.6) is 0 Å². The van der Waals surface area contributed by atoms with Gasteiger partial charge in [0.2, 0.25) is 5.95 Å². The van der Waals surface area contributed by atoms with Crippen LogP contribution in [-0.2, 0) is 17.8 Å². The monoisotopic (exact) mass is 493 g/mol. The number of aliphatic carboxylic acids is 1. The summed E-state index contributed by atoms with van der Waals surface area (Å²) >= 11 is 0. The van der Waals surface area contributed by atoms with E-state index in [1.165, 1.54) is 5.56 Å². The predicted octanol–water partition coefficient (Wildman–Crippen LogP) is 6.20. The molecule has 188 valence electrons. The fraction of sp³-hybridized carbons (Fsp3) is 0.200. The van der Waals surface area contributed by atoms with Gasteiger partial charge in [-0.3, -0.25) is 0 Å². The van der Waals surface area contributed by atoms with Crippen molar-refractivity contribution >= 4 is 28.6 Å². The van der Waals surface area contributed by atoms with E-state index in [0.717, 1.165) is 56.2 Å². The number of rotatable bonds is 9. The van der Waals surface area contributed by atoms with Gasteiger partial charge in [-0.2, -0.15) is 0 Å². The lowest BCUT2D eigenvalue weighted by Gasteiger charge is -2.20. The summed E-state index contributed by atoms with van der Waals surface area (Å²) in [5.41, 5.74) is 10.2. The molecule has 0 amide bonds. The van der Waals surface area contributed by atoms with Crippen molar-refractivity contribution in [2.45, 2.75) is 39.8 Å². The average Bonchev–Trinajstić information content (AvgIpc) is 3.51. The predicted molar refractivity (Wildman–Crippen MR) is 149 cm³/mol. The Morgan fingerprint density at radius 1 is 0.973 bits per heavy atom. The van der Waals surface area contributed by atoms with Crippen LogP contribution in [0.3, 0.4) is 0 Å². The lowest BCUT2D eigenvalue weighted by molar-refractivity contribution is -0.137. The van der Waals surface area contributed by atoms with E-state index >= 15 is 0 Å². The number of carboxylic acid groups (broad SMARTS) is 1. The van der Waals surface area contributed by atoms with Crippen LogP contribution in [0.25, 0.3) is 22.3 Å². The van der Waals surface area contributed by atoms with Gasteiger partial charge in [-0.25, -0.2) is 9.78 Å². The number of aromatic amines is 2. The van der Waals surface area contributed by atoms with Crippen LogP contribution in [0, 0.1) is 20.8 Å². The number of para-hydroxylation sites is 2. The van der Waals surface area contributed by atoms with Crippen LogP contribution in [0.4, 0.5) is 11.6 Å². The highest BCUT2D eigenvalue weighted by Crippen LogP contribution is 2.25. The minimum absolute atomic E-state index is 0.389. The molecule has 0 bridgehead atoms. The van der Waals surface area contributed by atoms with Gasteiger partial charge in [-0.1, -0.05) is 54.1 Å². The fourth-order valence-electron chi connectivity index (χ4n) is 4.77. The van der Waals surface area contributed by atoms with E-state index in [-0.39, 0.29) is 0 Å². The minimum atomic E-state index is -0.866. The van der Waals surface area contributed by atoms with E-state index in [1.807, 2.05) is 75.5 Å². The van der Waals surface area contributed by atoms with Gasteiger partial charge in [0.05, 0.1) is 11.0 Å². The summed E-state index contributed by atoms with van der Waals surface area (Å²) in [4.78, 5) is 23.2. The molecule has 2 aromatic heterocycles. The van der Waals surface area contributed by atoms with Crippen molar-refractivity contribution in [1.29, 1.82) is 0 Å². The number of hydrogen-bond donors (Lipinski definition) is 5. The summed E-state index contributed by atoms with van der Waals surface area (Å²) < 4.78 is 0. The van der Waals surface area contributed by atoms with E-state index in [4.69, 9.17) is 0 Å². The van der Waals surface area contributed by atoms with Gasteiger partial charge in [0.25, 0.3) is 0 Å². The van der Waals surface area contributed by atoms with E-state index in [1.54, 1.807) is 0 Å². The topological polar surface area (TPSA) is 106 Å². The van der Waals surface area contributed by atoms with Gasteiger partial charge in [-0.05, 0) is 66.8 Å². The molecule has 7 heteroatoms. The Kier molecular flexibility index (Phi) is 6.68. The lowest BCUT2D eigenvalue weighted by atomic mass is 10.0. The molecule has 0 radical (unpaired) electrons. The number of H-pyrrole nitrogens is 2. The first kappa shape index (κ1) is 24.2. The van der Waals surface area contributed by atoms with Crippen molar-refractivity contribution < 1.29 is 9.90 Å². The minimum Gasteiger partial charge on any atom is -0.480 e. The Hall–Kier alpha value is -4.52. The molecule has 3 aromatic carbocycles. The summed E-state index contributed by atoms with van der Waals surface area (Å²) in [7, 11) is 0. The number of hydrogen-bond acceptors (Lipinski definition) is 4. The van der Waals surface area contributed by atoms with Crippen molar-refractivity contribution in [1.82, 2.24) is 15.0 Å². The Morgan fingerprint density at radius 3 is 2.41 bits per heavy atom. The summed E-state index contributed by atoms with van der Waals surface area (Å²) in [6.45, 7) is 6.70. The molecular weight excluding hydrogens is 462 g/mol. The van der Waals surface area contributed by atoms with Crippen LogP contribution >= 0.6 is 0 Å². The number of aromatic nitrogens is 3. The molecule has 5 N–H and O–H groups in total. The van der Waals surface area contributed by atoms with Crippen molar-refractivity contribution in [3.8, 4) is 11.3 Å². The standard InChI is InChI=1S/C30H31N5O2/c1-18-12-19(2)28(20(3)13-18)33-27(29(36)37)14-21-8-10-23(11-9-21)26-15-22(16-31-26)17-32-30-34-24-6-4-5-7-25(24)35-30/h4-13,15-16,27,31,33H,14,17H2,1-3H3,(H,36,37)(H2,32,34,35). The van der Waals surface area contributed by atoms with Gasteiger partial charge in [0.15, 0.2) is 0 Å². The molecule has 2 heterocycles. The fourth-order valence-corrected chi connectivity index (χ4v) is 4.77. The van der Waals surface area contributed by atoms with Gasteiger partial charge in [-0.15, -0.1) is 0 Å². The molecule has 5 rings (SSSR count). The average molecular weight is 494 g/mol. The molecule has 0 saturated carbocycles. The molecule has 7 nitrogen and oxygen atoms in total. The summed E-state index contributed by atoms with van der Waals surface area (Å²) in [6, 6.07) is 21.5. The Labute approximate surface area is 216 Å². The van der Waals surface area contributed by atoms with E-state index in [2.05, 4.69) is 43.8 Å². The summed E-state index contributed by atoms with van der Waals surface area (Å²) in [5, 5.41) is 16.5. The zero-order chi connectivity index (χ0) is 25.9. The number of nitrogens with zero attached hydrogens (tertiary/aromatic N) is 1. The molecule has 0 aliphatic carbocycles. The molecule has 5 aromatic rings. The number of fused-ring (bicyclic) bond motifs is 1. The van der Waals surface area contributed by atoms with E-state index in [0.29, 0.717) is 13.0 Å². The second kappa shape index (κ2) is 10.2. The third-order valence-corrected chi connectivity index (χ3v) is 6.59. The molecule has 0 aliphatic rings. The third-order valence-electron chi connectivity index (χ3n) is 6.59. The molecule has 37 heavy (non-hydrogen) atoms. The molecule has 1 atom stereocenters. The zero-order valence-electron chi connectivity index (χ0n) is 21.2. The highest BCUT2D eigenvalue weighted by atomic mass is 16.4. The number of aryl methyl sites for hydroxylation is 3. The smallest absolute Gasteiger partial charge is 0.326 e. The Morgan fingerprint density at radius 2 is 1.70 bits per heavy atom. The maximum Gasteiger partial charge on any atom is 0.326 e. The molecule has 0 saturated heterocycles. The van der Waals surface area contributed by atoms with Gasteiger partial charge in [0.1, 0.15) is 6.04 Å². The SMILES string of the molecule is Cc1cc(C)c(NC(Cc2ccc(-c3cc(CNc4nc5ccccc5[nH]4)c[nH]3)cc2)C(=O)O)c(C)c1. The second-order valence-corrected chi connectivity index (χ2v) is 9.59. The number of imidazole rings is 1. The van der Waals surface area contributed by atoms with Crippen LogP contribution in [-0.4, -0.2) is 32.1 Å². The van der Waals surface area contributed by atoms with Crippen molar-refractivity contribution in [3.63, 3.8) is 0 Å². The quantitative estimate of drug-likeness (QED) is 0.168. The Bertz CT molecular complexity index is 1490. The van der Waals surface area contributed by atoms with Crippen LogP contribution in [0.1, 0.15) is 27.8 Å². The second-order valence-electron chi connectivity index (χ2n) is 9.59. The van der Waals surface area contributed by atoms with Gasteiger partial charge in [0, 0.05) is 30.5 Å². The lowest BCUT2D eigenvalue weighted by Crippen LogP contribution is -2.32. The molecule has 0 aliphatic heterocycles. The first-order valence-electron chi connectivity index (χ1n) is 12.4.